The Morgan fingerprint density at radius 1 is 1.42 bits per heavy atom. The van der Waals surface area contributed by atoms with Crippen LogP contribution < -0.4 is 0 Å². The second-order valence-corrected chi connectivity index (χ2v) is 3.59. The quantitative estimate of drug-likeness (QED) is 0.469. The summed E-state index contributed by atoms with van der Waals surface area (Å²) >= 11 is 0. The van der Waals surface area contributed by atoms with E-state index in [1.807, 2.05) is 0 Å². The standard InChI is InChI=1S/C10H17NO/c1-2-10(11-8-12)9-6-4-3-5-7-9/h9-10H,2-7H2,1H3/t10-/m0/s1. The van der Waals surface area contributed by atoms with E-state index in [1.54, 1.807) is 6.08 Å². The third-order valence-electron chi connectivity index (χ3n) is 2.83. The Kier molecular flexibility index (Phi) is 4.02. The molecular formula is C10H17NO. The van der Waals surface area contributed by atoms with Crippen LogP contribution >= 0.6 is 0 Å². The summed E-state index contributed by atoms with van der Waals surface area (Å²) in [5.74, 6) is 0.658. The van der Waals surface area contributed by atoms with Gasteiger partial charge in [-0.15, -0.1) is 0 Å². The number of rotatable bonds is 3. The van der Waals surface area contributed by atoms with Crippen molar-refractivity contribution in [1.29, 1.82) is 0 Å². The molecule has 2 heteroatoms. The minimum absolute atomic E-state index is 0.253. The molecule has 0 N–H and O–H groups in total. The van der Waals surface area contributed by atoms with E-state index in [0.717, 1.165) is 6.42 Å². The van der Waals surface area contributed by atoms with Crippen molar-refractivity contribution in [2.45, 2.75) is 51.5 Å². The van der Waals surface area contributed by atoms with Crippen molar-refractivity contribution in [3.63, 3.8) is 0 Å². The van der Waals surface area contributed by atoms with Crippen molar-refractivity contribution in [2.24, 2.45) is 10.9 Å². The highest BCUT2D eigenvalue weighted by Crippen LogP contribution is 2.28. The fourth-order valence-electron chi connectivity index (χ4n) is 2.12. The summed E-state index contributed by atoms with van der Waals surface area (Å²) in [5.41, 5.74) is 0. The smallest absolute Gasteiger partial charge is 0.211 e. The molecule has 0 aliphatic heterocycles. The topological polar surface area (TPSA) is 29.4 Å². The highest BCUT2D eigenvalue weighted by atomic mass is 16.1. The Morgan fingerprint density at radius 3 is 2.58 bits per heavy atom. The third kappa shape index (κ3) is 2.46. The molecule has 0 spiro atoms. The first-order valence-corrected chi connectivity index (χ1v) is 4.95. The van der Waals surface area contributed by atoms with Gasteiger partial charge in [0.2, 0.25) is 6.08 Å². The summed E-state index contributed by atoms with van der Waals surface area (Å²) in [6.45, 7) is 2.10. The summed E-state index contributed by atoms with van der Waals surface area (Å²) in [5, 5.41) is 0. The van der Waals surface area contributed by atoms with E-state index < -0.39 is 0 Å². The molecule has 1 aliphatic carbocycles. The molecule has 0 bridgehead atoms. The number of hydrogen-bond donors (Lipinski definition) is 0. The lowest BCUT2D eigenvalue weighted by Crippen LogP contribution is -2.20. The van der Waals surface area contributed by atoms with Crippen LogP contribution in [0, 0.1) is 5.92 Å². The number of carbonyl (C=O) groups excluding carboxylic acids is 1. The maximum Gasteiger partial charge on any atom is 0.235 e. The average Bonchev–Trinajstić information content (AvgIpc) is 2.15. The zero-order chi connectivity index (χ0) is 8.81. The second kappa shape index (κ2) is 5.10. The van der Waals surface area contributed by atoms with Gasteiger partial charge in [0, 0.05) is 0 Å². The Balaban J connectivity index is 2.45. The van der Waals surface area contributed by atoms with E-state index in [-0.39, 0.29) is 6.04 Å². The highest BCUT2D eigenvalue weighted by Gasteiger charge is 2.21. The van der Waals surface area contributed by atoms with Gasteiger partial charge < -0.3 is 0 Å². The molecule has 0 aromatic rings. The number of aliphatic imine (C=N–C) groups is 1. The van der Waals surface area contributed by atoms with Gasteiger partial charge in [0.25, 0.3) is 0 Å². The van der Waals surface area contributed by atoms with E-state index >= 15 is 0 Å². The minimum Gasteiger partial charge on any atom is -0.211 e. The summed E-state index contributed by atoms with van der Waals surface area (Å²) in [6, 6.07) is 0.253. The Labute approximate surface area is 74.1 Å². The van der Waals surface area contributed by atoms with Crippen LogP contribution in [0.4, 0.5) is 0 Å². The van der Waals surface area contributed by atoms with Crippen molar-refractivity contribution in [1.82, 2.24) is 0 Å². The monoisotopic (exact) mass is 167 g/mol. The summed E-state index contributed by atoms with van der Waals surface area (Å²) in [4.78, 5) is 14.0. The Morgan fingerprint density at radius 2 is 2.08 bits per heavy atom. The molecule has 2 nitrogen and oxygen atoms in total. The van der Waals surface area contributed by atoms with Gasteiger partial charge in [-0.05, 0) is 25.2 Å². The molecule has 0 saturated heterocycles. The van der Waals surface area contributed by atoms with Crippen LogP contribution in [-0.2, 0) is 4.79 Å². The van der Waals surface area contributed by atoms with Crippen LogP contribution in [0.5, 0.6) is 0 Å². The molecule has 1 aliphatic rings. The Hall–Kier alpha value is -0.620. The minimum atomic E-state index is 0.253. The zero-order valence-electron chi connectivity index (χ0n) is 7.75. The van der Waals surface area contributed by atoms with Crippen molar-refractivity contribution in [2.75, 3.05) is 0 Å². The molecular weight excluding hydrogens is 150 g/mol. The maximum absolute atomic E-state index is 10.1. The second-order valence-electron chi connectivity index (χ2n) is 3.59. The van der Waals surface area contributed by atoms with Crippen molar-refractivity contribution < 1.29 is 4.79 Å². The molecule has 68 valence electrons. The molecule has 0 unspecified atom stereocenters. The van der Waals surface area contributed by atoms with Gasteiger partial charge in [0.1, 0.15) is 0 Å². The van der Waals surface area contributed by atoms with Crippen LogP contribution in [-0.4, -0.2) is 12.1 Å². The normalized spacial score (nSPS) is 21.4. The first-order chi connectivity index (χ1) is 5.88. The molecule has 0 aromatic carbocycles. The predicted octanol–water partition coefficient (Wildman–Crippen LogP) is 2.68. The SMILES string of the molecule is CC[C@H](N=C=O)C1CCCCC1. The van der Waals surface area contributed by atoms with Gasteiger partial charge >= 0.3 is 0 Å². The largest absolute Gasteiger partial charge is 0.235 e. The van der Waals surface area contributed by atoms with E-state index in [0.29, 0.717) is 5.92 Å². The van der Waals surface area contributed by atoms with Gasteiger partial charge in [-0.3, -0.25) is 0 Å². The van der Waals surface area contributed by atoms with Gasteiger partial charge in [-0.1, -0.05) is 26.2 Å². The number of nitrogens with zero attached hydrogens (tertiary/aromatic N) is 1. The van der Waals surface area contributed by atoms with Crippen LogP contribution in [0.1, 0.15) is 45.4 Å². The van der Waals surface area contributed by atoms with Crippen LogP contribution in [0.15, 0.2) is 4.99 Å². The molecule has 1 fully saturated rings. The van der Waals surface area contributed by atoms with Gasteiger partial charge in [-0.25, -0.2) is 9.79 Å². The number of hydrogen-bond acceptors (Lipinski definition) is 2. The average molecular weight is 167 g/mol. The zero-order valence-corrected chi connectivity index (χ0v) is 7.75. The lowest BCUT2D eigenvalue weighted by molar-refractivity contribution is 0.300. The van der Waals surface area contributed by atoms with Crippen molar-refractivity contribution in [3.8, 4) is 0 Å². The maximum atomic E-state index is 10.1. The highest BCUT2D eigenvalue weighted by molar-refractivity contribution is 5.33. The molecule has 0 aromatic heterocycles. The molecule has 1 saturated carbocycles. The molecule has 1 rings (SSSR count). The van der Waals surface area contributed by atoms with E-state index in [2.05, 4.69) is 11.9 Å². The predicted molar refractivity (Wildman–Crippen MR) is 48.8 cm³/mol. The first-order valence-electron chi connectivity index (χ1n) is 4.95. The first kappa shape index (κ1) is 9.47. The van der Waals surface area contributed by atoms with Crippen LogP contribution in [0.25, 0.3) is 0 Å². The lowest BCUT2D eigenvalue weighted by atomic mass is 9.83. The molecule has 0 radical (unpaired) electrons. The van der Waals surface area contributed by atoms with Gasteiger partial charge in [0.05, 0.1) is 6.04 Å². The summed E-state index contributed by atoms with van der Waals surface area (Å²) in [7, 11) is 0. The molecule has 0 amide bonds. The summed E-state index contributed by atoms with van der Waals surface area (Å²) in [6.07, 6.45) is 9.17. The van der Waals surface area contributed by atoms with Gasteiger partial charge in [-0.2, -0.15) is 0 Å². The Bertz CT molecular complexity index is 167. The molecule has 1 atom stereocenters. The lowest BCUT2D eigenvalue weighted by Gasteiger charge is -2.25. The van der Waals surface area contributed by atoms with Crippen molar-refractivity contribution >= 4 is 6.08 Å². The van der Waals surface area contributed by atoms with E-state index in [4.69, 9.17) is 0 Å². The van der Waals surface area contributed by atoms with Crippen LogP contribution in [0.3, 0.4) is 0 Å². The van der Waals surface area contributed by atoms with E-state index in [1.165, 1.54) is 32.1 Å². The fraction of sp³-hybridized carbons (Fsp3) is 0.900. The van der Waals surface area contributed by atoms with Gasteiger partial charge in [0.15, 0.2) is 0 Å². The summed E-state index contributed by atoms with van der Waals surface area (Å²) < 4.78 is 0. The van der Waals surface area contributed by atoms with Crippen LogP contribution in [0.2, 0.25) is 0 Å². The van der Waals surface area contributed by atoms with E-state index in [9.17, 15) is 4.79 Å². The number of isocyanates is 1. The fourth-order valence-corrected chi connectivity index (χ4v) is 2.12. The van der Waals surface area contributed by atoms with Crippen molar-refractivity contribution in [3.05, 3.63) is 0 Å². The third-order valence-corrected chi connectivity index (χ3v) is 2.83. The molecule has 0 heterocycles. The molecule has 12 heavy (non-hydrogen) atoms.